The molecule has 36 heavy (non-hydrogen) atoms. The molecule has 180 valence electrons. The molecule has 0 aliphatic carbocycles. The van der Waals surface area contributed by atoms with Crippen molar-refractivity contribution in [3.05, 3.63) is 114 Å². The molecule has 0 N–H and O–H groups in total. The predicted molar refractivity (Wildman–Crippen MR) is 150 cm³/mol. The summed E-state index contributed by atoms with van der Waals surface area (Å²) >= 11 is 0. The van der Waals surface area contributed by atoms with Crippen molar-refractivity contribution < 1.29 is 9.15 Å². The normalized spacial score (nSPS) is 11.5. The average molecular weight is 473 g/mol. The fourth-order valence-corrected chi connectivity index (χ4v) is 4.58. The van der Waals surface area contributed by atoms with Gasteiger partial charge >= 0.3 is 0 Å². The van der Waals surface area contributed by atoms with Crippen molar-refractivity contribution in [1.29, 1.82) is 0 Å². The molecule has 0 spiro atoms. The maximum absolute atomic E-state index is 6.80. The smallest absolute Gasteiger partial charge is 0.143 e. The van der Waals surface area contributed by atoms with Gasteiger partial charge in [0.1, 0.15) is 17.3 Å². The maximum atomic E-state index is 6.80. The molecule has 0 fully saturated rings. The van der Waals surface area contributed by atoms with Crippen LogP contribution in [0.1, 0.15) is 31.9 Å². The maximum Gasteiger partial charge on any atom is 0.143 e. The first-order valence-corrected chi connectivity index (χ1v) is 12.4. The van der Waals surface area contributed by atoms with E-state index in [2.05, 4.69) is 119 Å². The molecule has 0 aliphatic rings. The second-order valence-corrected chi connectivity index (χ2v) is 10.3. The second kappa shape index (κ2) is 9.54. The van der Waals surface area contributed by atoms with E-state index in [9.17, 15) is 0 Å². The van der Waals surface area contributed by atoms with Crippen LogP contribution in [0, 0.1) is 6.92 Å². The number of rotatable bonds is 5. The highest BCUT2D eigenvalue weighted by Crippen LogP contribution is 2.48. The zero-order valence-electron chi connectivity index (χ0n) is 21.6. The number of benzene rings is 4. The topological polar surface area (TPSA) is 22.4 Å². The Morgan fingerprint density at radius 1 is 0.556 bits per heavy atom. The van der Waals surface area contributed by atoms with E-state index in [-0.39, 0.29) is 5.41 Å². The third kappa shape index (κ3) is 4.59. The first kappa shape index (κ1) is 23.7. The van der Waals surface area contributed by atoms with Crippen molar-refractivity contribution in [2.75, 3.05) is 7.11 Å². The first-order chi connectivity index (χ1) is 17.3. The number of aryl methyl sites for hydroxylation is 1. The summed E-state index contributed by atoms with van der Waals surface area (Å²) in [6.45, 7) is 8.84. The molecule has 2 heteroatoms. The minimum atomic E-state index is 0.0885. The highest BCUT2D eigenvalue weighted by atomic mass is 16.5. The fraction of sp³-hybridized carbons (Fsp3) is 0.176. The monoisotopic (exact) mass is 472 g/mol. The van der Waals surface area contributed by atoms with Gasteiger partial charge in [-0.15, -0.1) is 0 Å². The van der Waals surface area contributed by atoms with Gasteiger partial charge in [0, 0.05) is 22.3 Å². The van der Waals surface area contributed by atoms with Crippen LogP contribution in [0.3, 0.4) is 0 Å². The minimum Gasteiger partial charge on any atom is -0.497 e. The molecule has 0 saturated heterocycles. The van der Waals surface area contributed by atoms with Gasteiger partial charge in [-0.1, -0.05) is 105 Å². The van der Waals surface area contributed by atoms with Crippen LogP contribution in [0.4, 0.5) is 0 Å². The molecular formula is C34H32O2. The first-order valence-electron chi connectivity index (χ1n) is 12.4. The van der Waals surface area contributed by atoms with Crippen molar-refractivity contribution in [2.24, 2.45) is 0 Å². The van der Waals surface area contributed by atoms with Crippen LogP contribution in [-0.4, -0.2) is 7.11 Å². The fourth-order valence-electron chi connectivity index (χ4n) is 4.58. The molecule has 0 aliphatic heterocycles. The van der Waals surface area contributed by atoms with Crippen LogP contribution in [0.25, 0.3) is 44.9 Å². The van der Waals surface area contributed by atoms with Crippen molar-refractivity contribution in [2.45, 2.75) is 33.1 Å². The van der Waals surface area contributed by atoms with E-state index in [1.54, 1.807) is 7.11 Å². The molecule has 5 rings (SSSR count). The Bertz CT molecular complexity index is 1450. The number of hydrogen-bond donors (Lipinski definition) is 0. The lowest BCUT2D eigenvalue weighted by molar-refractivity contribution is 0.415. The van der Waals surface area contributed by atoms with Crippen LogP contribution < -0.4 is 4.74 Å². The summed E-state index contributed by atoms with van der Waals surface area (Å²) in [6, 6.07) is 36.1. The summed E-state index contributed by atoms with van der Waals surface area (Å²) < 4.78 is 12.2. The molecule has 0 atom stereocenters. The Balaban J connectivity index is 1.82. The van der Waals surface area contributed by atoms with Crippen molar-refractivity contribution in [3.63, 3.8) is 0 Å². The molecule has 1 heterocycles. The Hall–Kier alpha value is -4.04. The summed E-state index contributed by atoms with van der Waals surface area (Å²) in [7, 11) is 1.69. The van der Waals surface area contributed by atoms with E-state index >= 15 is 0 Å². The van der Waals surface area contributed by atoms with Crippen LogP contribution in [0.5, 0.6) is 5.75 Å². The van der Waals surface area contributed by atoms with Gasteiger partial charge in [-0.2, -0.15) is 0 Å². The summed E-state index contributed by atoms with van der Waals surface area (Å²) in [5, 5.41) is 0. The van der Waals surface area contributed by atoms with Crippen molar-refractivity contribution >= 4 is 0 Å². The molecule has 4 aromatic carbocycles. The van der Waals surface area contributed by atoms with E-state index in [4.69, 9.17) is 9.15 Å². The van der Waals surface area contributed by atoms with Crippen molar-refractivity contribution in [3.8, 4) is 50.7 Å². The Morgan fingerprint density at radius 2 is 1.03 bits per heavy atom. The van der Waals surface area contributed by atoms with Gasteiger partial charge in [-0.25, -0.2) is 0 Å². The third-order valence-corrected chi connectivity index (χ3v) is 6.68. The Labute approximate surface area is 214 Å². The van der Waals surface area contributed by atoms with Crippen LogP contribution in [0.2, 0.25) is 0 Å². The van der Waals surface area contributed by atoms with E-state index in [0.29, 0.717) is 0 Å². The lowest BCUT2D eigenvalue weighted by atomic mass is 9.85. The van der Waals surface area contributed by atoms with Gasteiger partial charge in [0.15, 0.2) is 0 Å². The van der Waals surface area contributed by atoms with Gasteiger partial charge in [-0.3, -0.25) is 0 Å². The zero-order valence-corrected chi connectivity index (χ0v) is 21.6. The largest absolute Gasteiger partial charge is 0.497 e. The lowest BCUT2D eigenvalue weighted by Gasteiger charge is -2.19. The summed E-state index contributed by atoms with van der Waals surface area (Å²) in [6.07, 6.45) is 0. The highest BCUT2D eigenvalue weighted by Gasteiger charge is 2.25. The quantitative estimate of drug-likeness (QED) is 0.254. The van der Waals surface area contributed by atoms with Gasteiger partial charge in [0.2, 0.25) is 0 Å². The molecule has 2 nitrogen and oxygen atoms in total. The van der Waals surface area contributed by atoms with E-state index < -0.39 is 0 Å². The number of methoxy groups -OCH3 is 1. The Morgan fingerprint density at radius 3 is 1.53 bits per heavy atom. The molecule has 5 aromatic rings. The van der Waals surface area contributed by atoms with E-state index in [1.807, 2.05) is 12.1 Å². The molecule has 0 saturated carbocycles. The summed E-state index contributed by atoms with van der Waals surface area (Å²) in [4.78, 5) is 0. The average Bonchev–Trinajstić information content (AvgIpc) is 3.30. The molecule has 0 unspecified atom stereocenters. The van der Waals surface area contributed by atoms with E-state index in [0.717, 1.165) is 50.7 Å². The van der Waals surface area contributed by atoms with Gasteiger partial charge in [0.25, 0.3) is 0 Å². The highest BCUT2D eigenvalue weighted by molar-refractivity contribution is 5.99. The number of furan rings is 1. The predicted octanol–water partition coefficient (Wildman–Crippen LogP) is 9.56. The molecule has 0 radical (unpaired) electrons. The number of hydrogen-bond acceptors (Lipinski definition) is 2. The Kier molecular flexibility index (Phi) is 6.28. The molecular weight excluding hydrogens is 440 g/mol. The van der Waals surface area contributed by atoms with Crippen molar-refractivity contribution in [1.82, 2.24) is 0 Å². The van der Waals surface area contributed by atoms with Crippen LogP contribution >= 0.6 is 0 Å². The molecule has 1 aromatic heterocycles. The van der Waals surface area contributed by atoms with Crippen LogP contribution in [-0.2, 0) is 5.41 Å². The molecule has 0 bridgehead atoms. The SMILES string of the molecule is COc1ccc(-c2oc(-c3ccc(C)cc3)c(-c3ccc(C(C)(C)C)cc3)c2-c2ccccc2)cc1. The lowest BCUT2D eigenvalue weighted by Crippen LogP contribution is -2.10. The zero-order chi connectivity index (χ0) is 25.3. The number of ether oxygens (including phenoxy) is 1. The van der Waals surface area contributed by atoms with E-state index in [1.165, 1.54) is 11.1 Å². The van der Waals surface area contributed by atoms with Crippen LogP contribution in [0.15, 0.2) is 108 Å². The second-order valence-electron chi connectivity index (χ2n) is 10.3. The summed E-state index contributed by atoms with van der Waals surface area (Å²) in [5.41, 5.74) is 9.17. The summed E-state index contributed by atoms with van der Waals surface area (Å²) in [5.74, 6) is 2.56. The standard InChI is InChI=1S/C34H32O2/c1-23-11-13-26(14-12-23)32-31(25-15-19-28(20-16-25)34(2,3)4)30(24-9-7-6-8-10-24)33(36-32)27-17-21-29(35-5)22-18-27/h6-22H,1-5H3. The van der Waals surface area contributed by atoms with Gasteiger partial charge in [-0.05, 0) is 53.3 Å². The van der Waals surface area contributed by atoms with Gasteiger partial charge in [0.05, 0.1) is 7.11 Å². The minimum absolute atomic E-state index is 0.0885. The molecule has 0 amide bonds. The van der Waals surface area contributed by atoms with Gasteiger partial charge < -0.3 is 9.15 Å². The third-order valence-electron chi connectivity index (χ3n) is 6.68.